The molecular formula is C22H23NO4S. The summed E-state index contributed by atoms with van der Waals surface area (Å²) < 4.78 is 11.7. The summed E-state index contributed by atoms with van der Waals surface area (Å²) in [5, 5.41) is 8.72. The highest BCUT2D eigenvalue weighted by molar-refractivity contribution is 7.99. The molecule has 3 rings (SSSR count). The number of aryl methyl sites for hydroxylation is 2. The minimum atomic E-state index is -0.801. The third-order valence-electron chi connectivity index (χ3n) is 4.19. The molecule has 1 aromatic heterocycles. The van der Waals surface area contributed by atoms with Crippen LogP contribution < -0.4 is 4.74 Å². The first kappa shape index (κ1) is 20.0. The second-order valence-corrected chi connectivity index (χ2v) is 7.51. The Bertz CT molecular complexity index is 934. The summed E-state index contributed by atoms with van der Waals surface area (Å²) in [6.45, 7) is 4.46. The highest BCUT2D eigenvalue weighted by atomic mass is 32.2. The molecule has 2 aromatic carbocycles. The molecule has 0 saturated heterocycles. The van der Waals surface area contributed by atoms with Crippen LogP contribution in [-0.2, 0) is 17.0 Å². The standard InChI is InChI=1S/C22H23NO4S/c1-15-6-8-18(9-7-15)22-23-20(16(2)27-22)10-11-26-19-5-3-4-17(12-19)13-28-14-21(24)25/h3-9,12H,10-11,13-14H2,1-2H3,(H,24,25). The molecule has 28 heavy (non-hydrogen) atoms. The van der Waals surface area contributed by atoms with Crippen molar-refractivity contribution >= 4 is 17.7 Å². The van der Waals surface area contributed by atoms with Gasteiger partial charge < -0.3 is 14.3 Å². The van der Waals surface area contributed by atoms with Gasteiger partial charge in [0.1, 0.15) is 11.5 Å². The van der Waals surface area contributed by atoms with Crippen molar-refractivity contribution in [3.05, 3.63) is 71.1 Å². The van der Waals surface area contributed by atoms with E-state index in [9.17, 15) is 4.79 Å². The summed E-state index contributed by atoms with van der Waals surface area (Å²) in [4.78, 5) is 15.2. The summed E-state index contributed by atoms with van der Waals surface area (Å²) in [6, 6.07) is 15.8. The van der Waals surface area contributed by atoms with Crippen LogP contribution in [-0.4, -0.2) is 28.4 Å². The van der Waals surface area contributed by atoms with E-state index in [-0.39, 0.29) is 5.75 Å². The molecule has 1 N–H and O–H groups in total. The van der Waals surface area contributed by atoms with Gasteiger partial charge in [-0.2, -0.15) is 0 Å². The monoisotopic (exact) mass is 397 g/mol. The van der Waals surface area contributed by atoms with Crippen LogP contribution in [0.1, 0.15) is 22.6 Å². The van der Waals surface area contributed by atoms with Crippen LogP contribution in [0.3, 0.4) is 0 Å². The smallest absolute Gasteiger partial charge is 0.313 e. The highest BCUT2D eigenvalue weighted by Gasteiger charge is 2.11. The Morgan fingerprint density at radius 2 is 1.96 bits per heavy atom. The fourth-order valence-electron chi connectivity index (χ4n) is 2.73. The maximum Gasteiger partial charge on any atom is 0.313 e. The molecule has 1 heterocycles. The highest BCUT2D eigenvalue weighted by Crippen LogP contribution is 2.23. The zero-order valence-electron chi connectivity index (χ0n) is 16.0. The summed E-state index contributed by atoms with van der Waals surface area (Å²) in [5.41, 5.74) is 4.10. The van der Waals surface area contributed by atoms with Gasteiger partial charge in [0, 0.05) is 17.7 Å². The zero-order chi connectivity index (χ0) is 19.9. The van der Waals surface area contributed by atoms with E-state index in [2.05, 4.69) is 4.98 Å². The molecule has 0 atom stereocenters. The van der Waals surface area contributed by atoms with E-state index in [1.807, 2.05) is 62.4 Å². The van der Waals surface area contributed by atoms with Crippen molar-refractivity contribution in [2.75, 3.05) is 12.4 Å². The van der Waals surface area contributed by atoms with Crippen LogP contribution in [0.5, 0.6) is 5.75 Å². The van der Waals surface area contributed by atoms with E-state index in [1.54, 1.807) is 0 Å². The predicted molar refractivity (Wildman–Crippen MR) is 111 cm³/mol. The van der Waals surface area contributed by atoms with Gasteiger partial charge in [0.15, 0.2) is 0 Å². The van der Waals surface area contributed by atoms with Gasteiger partial charge in [-0.05, 0) is 43.7 Å². The number of rotatable bonds is 9. The molecule has 0 fully saturated rings. The number of carbonyl (C=O) groups is 1. The van der Waals surface area contributed by atoms with Crippen molar-refractivity contribution in [2.24, 2.45) is 0 Å². The summed E-state index contributed by atoms with van der Waals surface area (Å²) in [6.07, 6.45) is 0.652. The molecular weight excluding hydrogens is 374 g/mol. The molecule has 0 unspecified atom stereocenters. The first-order valence-electron chi connectivity index (χ1n) is 9.06. The van der Waals surface area contributed by atoms with Crippen LogP contribution in [0.15, 0.2) is 52.9 Å². The molecule has 0 aliphatic rings. The fraction of sp³-hybridized carbons (Fsp3) is 0.273. The predicted octanol–water partition coefficient (Wildman–Crippen LogP) is 4.90. The van der Waals surface area contributed by atoms with Gasteiger partial charge >= 0.3 is 5.97 Å². The number of benzene rings is 2. The minimum Gasteiger partial charge on any atom is -0.493 e. The molecule has 5 nitrogen and oxygen atoms in total. The number of hydrogen-bond acceptors (Lipinski definition) is 5. The number of oxazole rings is 1. The molecule has 3 aromatic rings. The van der Waals surface area contributed by atoms with Crippen molar-refractivity contribution in [1.82, 2.24) is 4.98 Å². The topological polar surface area (TPSA) is 72.6 Å². The molecule has 0 spiro atoms. The van der Waals surface area contributed by atoms with E-state index in [0.717, 1.165) is 28.3 Å². The Balaban J connectivity index is 1.55. The first-order chi connectivity index (χ1) is 13.5. The van der Waals surface area contributed by atoms with Crippen LogP contribution in [0.25, 0.3) is 11.5 Å². The number of nitrogens with zero attached hydrogens (tertiary/aromatic N) is 1. The number of ether oxygens (including phenoxy) is 1. The van der Waals surface area contributed by atoms with E-state index < -0.39 is 5.97 Å². The maximum atomic E-state index is 10.6. The van der Waals surface area contributed by atoms with Gasteiger partial charge in [-0.3, -0.25) is 4.79 Å². The van der Waals surface area contributed by atoms with Crippen molar-refractivity contribution in [3.63, 3.8) is 0 Å². The van der Waals surface area contributed by atoms with E-state index >= 15 is 0 Å². The zero-order valence-corrected chi connectivity index (χ0v) is 16.8. The molecule has 0 saturated carbocycles. The van der Waals surface area contributed by atoms with Gasteiger partial charge in [0.2, 0.25) is 5.89 Å². The fourth-order valence-corrected chi connectivity index (χ4v) is 3.42. The largest absolute Gasteiger partial charge is 0.493 e. The maximum absolute atomic E-state index is 10.6. The Kier molecular flexibility index (Phi) is 6.76. The number of carboxylic acids is 1. The van der Waals surface area contributed by atoms with E-state index in [4.69, 9.17) is 14.3 Å². The van der Waals surface area contributed by atoms with Gasteiger partial charge in [0.05, 0.1) is 18.1 Å². The van der Waals surface area contributed by atoms with Gasteiger partial charge in [-0.1, -0.05) is 29.8 Å². The second kappa shape index (κ2) is 9.46. The lowest BCUT2D eigenvalue weighted by Gasteiger charge is -2.07. The number of thioether (sulfide) groups is 1. The average molecular weight is 397 g/mol. The summed E-state index contributed by atoms with van der Waals surface area (Å²) >= 11 is 1.37. The normalized spacial score (nSPS) is 10.8. The first-order valence-corrected chi connectivity index (χ1v) is 10.2. The van der Waals surface area contributed by atoms with Crippen LogP contribution in [0, 0.1) is 13.8 Å². The summed E-state index contributed by atoms with van der Waals surface area (Å²) in [5.74, 6) is 2.15. The third-order valence-corrected chi connectivity index (χ3v) is 5.18. The van der Waals surface area contributed by atoms with Crippen LogP contribution in [0.2, 0.25) is 0 Å². The molecule has 0 aliphatic heterocycles. The molecule has 0 aliphatic carbocycles. The van der Waals surface area contributed by atoms with E-state index in [0.29, 0.717) is 24.7 Å². The van der Waals surface area contributed by atoms with Crippen LogP contribution in [0.4, 0.5) is 0 Å². The number of hydrogen-bond donors (Lipinski definition) is 1. The Labute approximate surface area is 168 Å². The van der Waals surface area contributed by atoms with Gasteiger partial charge in [-0.15, -0.1) is 11.8 Å². The third kappa shape index (κ3) is 5.63. The Hall–Kier alpha value is -2.73. The Morgan fingerprint density at radius 1 is 1.18 bits per heavy atom. The molecule has 0 amide bonds. The van der Waals surface area contributed by atoms with Gasteiger partial charge in [-0.25, -0.2) is 4.98 Å². The molecule has 6 heteroatoms. The molecule has 0 radical (unpaired) electrons. The lowest BCUT2D eigenvalue weighted by Crippen LogP contribution is -2.03. The SMILES string of the molecule is Cc1ccc(-c2nc(CCOc3cccc(CSCC(=O)O)c3)c(C)o2)cc1. The van der Waals surface area contributed by atoms with Crippen molar-refractivity contribution in [2.45, 2.75) is 26.0 Å². The Morgan fingerprint density at radius 3 is 2.71 bits per heavy atom. The second-order valence-electron chi connectivity index (χ2n) is 6.52. The quantitative estimate of drug-likeness (QED) is 0.554. The molecule has 146 valence electrons. The number of carboxylic acid groups (broad SMARTS) is 1. The lowest BCUT2D eigenvalue weighted by atomic mass is 10.1. The van der Waals surface area contributed by atoms with Gasteiger partial charge in [0.25, 0.3) is 0 Å². The van der Waals surface area contributed by atoms with Crippen LogP contribution >= 0.6 is 11.8 Å². The molecule has 0 bridgehead atoms. The van der Waals surface area contributed by atoms with Crippen molar-refractivity contribution in [3.8, 4) is 17.2 Å². The summed E-state index contributed by atoms with van der Waals surface area (Å²) in [7, 11) is 0. The number of aliphatic carboxylic acids is 1. The van der Waals surface area contributed by atoms with Crippen molar-refractivity contribution in [1.29, 1.82) is 0 Å². The number of aromatic nitrogens is 1. The van der Waals surface area contributed by atoms with Crippen molar-refractivity contribution < 1.29 is 19.1 Å². The average Bonchev–Trinajstić information content (AvgIpc) is 3.03. The van der Waals surface area contributed by atoms with E-state index in [1.165, 1.54) is 17.3 Å². The minimum absolute atomic E-state index is 0.0971. The lowest BCUT2D eigenvalue weighted by molar-refractivity contribution is -0.133.